The van der Waals surface area contributed by atoms with Crippen molar-refractivity contribution in [3.63, 3.8) is 0 Å². The van der Waals surface area contributed by atoms with Gasteiger partial charge in [-0.05, 0) is 51.4 Å². The average molecular weight is 216 g/mol. The maximum atomic E-state index is 2.12. The Morgan fingerprint density at radius 3 is 1.33 bits per heavy atom. The number of thioether (sulfide) groups is 1. The molecule has 0 unspecified atom stereocenters. The van der Waals surface area contributed by atoms with E-state index in [1.807, 2.05) is 0 Å². The van der Waals surface area contributed by atoms with E-state index in [2.05, 4.69) is 51.4 Å². The summed E-state index contributed by atoms with van der Waals surface area (Å²) >= 11 is 1.80. The van der Waals surface area contributed by atoms with Crippen LogP contribution in [0.1, 0.15) is 0 Å². The Morgan fingerprint density at radius 2 is 1.00 bits per heavy atom. The molecule has 2 heteroatoms. The summed E-state index contributed by atoms with van der Waals surface area (Å²) in [5.74, 6) is 0. The van der Waals surface area contributed by atoms with Gasteiger partial charge in [0.15, 0.2) is 0 Å². The second-order valence-corrected chi connectivity index (χ2v) is 3.49. The second-order valence-electron chi connectivity index (χ2n) is 2.34. The Morgan fingerprint density at radius 1 is 0.667 bits per heavy atom. The Bertz CT molecular complexity index is 101. The van der Waals surface area contributed by atoms with Crippen molar-refractivity contribution in [2.75, 3.05) is 0 Å². The van der Waals surface area contributed by atoms with Gasteiger partial charge in [-0.25, -0.2) is 0 Å². The molecule has 0 spiro atoms. The smallest absolute Gasteiger partial charge is 0.144 e. The van der Waals surface area contributed by atoms with Gasteiger partial charge in [-0.1, -0.05) is 0 Å². The van der Waals surface area contributed by atoms with Crippen LogP contribution in [0.5, 0.6) is 0 Å². The topological polar surface area (TPSA) is 0 Å². The maximum Gasteiger partial charge on any atom is 2.00 e. The molecule has 0 heterocycles. The summed E-state index contributed by atoms with van der Waals surface area (Å²) in [7, 11) is 0. The van der Waals surface area contributed by atoms with Crippen molar-refractivity contribution < 1.29 is 17.1 Å². The van der Waals surface area contributed by atoms with E-state index in [1.54, 1.807) is 11.8 Å². The third-order valence-electron chi connectivity index (χ3n) is 1.50. The summed E-state index contributed by atoms with van der Waals surface area (Å²) in [4.78, 5) is 0. The normalized spacial score (nSPS) is 26.0. The van der Waals surface area contributed by atoms with Crippen LogP contribution in [-0.4, -0.2) is 0 Å². The third kappa shape index (κ3) is 2.97. The third-order valence-corrected chi connectivity index (χ3v) is 2.52. The van der Waals surface area contributed by atoms with Crippen molar-refractivity contribution in [3.05, 3.63) is 61.9 Å². The minimum absolute atomic E-state index is 0. The zero-order chi connectivity index (χ0) is 7.52. The van der Waals surface area contributed by atoms with Gasteiger partial charge in [-0.3, -0.25) is 0 Å². The van der Waals surface area contributed by atoms with Crippen LogP contribution >= 0.6 is 11.8 Å². The minimum atomic E-state index is 0. The van der Waals surface area contributed by atoms with Crippen LogP contribution in [-0.2, 0) is 17.1 Å². The predicted octanol–water partition coefficient (Wildman–Crippen LogP) is 2.44. The molecule has 0 aromatic rings. The first kappa shape index (κ1) is 10.9. The molecular weight excluding hydrogens is 208 g/mol. The second kappa shape index (κ2) is 5.57. The van der Waals surface area contributed by atoms with Crippen molar-refractivity contribution in [2.45, 2.75) is 0 Å². The number of hydrogen-bond donors (Lipinski definition) is 0. The molecule has 0 N–H and O–H groups in total. The van der Waals surface area contributed by atoms with E-state index >= 15 is 0 Å². The van der Waals surface area contributed by atoms with Crippen LogP contribution in [0.2, 0.25) is 0 Å². The molecule has 60 valence electrons. The Kier molecular flexibility index (Phi) is 5.08. The van der Waals surface area contributed by atoms with Crippen molar-refractivity contribution >= 4 is 11.8 Å². The molecule has 2 aliphatic rings. The van der Waals surface area contributed by atoms with Crippen molar-refractivity contribution in [2.24, 2.45) is 0 Å². The molecule has 2 fully saturated rings. The number of rotatable bonds is 2. The molecule has 0 amide bonds. The maximum absolute atomic E-state index is 2.12. The number of hydrogen-bond acceptors (Lipinski definition) is 1. The van der Waals surface area contributed by atoms with E-state index in [1.165, 1.54) is 10.5 Å². The SMILES string of the molecule is [CH]1[CH][CH][C](S[C]2[CH][CH][CH][CH]2)[CH]1.[Fe+2]. The first-order chi connectivity index (χ1) is 5.45. The molecule has 0 aromatic heterocycles. The van der Waals surface area contributed by atoms with Crippen molar-refractivity contribution in [1.29, 1.82) is 0 Å². The summed E-state index contributed by atoms with van der Waals surface area (Å²) in [5.41, 5.74) is 0. The van der Waals surface area contributed by atoms with E-state index < -0.39 is 0 Å². The predicted molar refractivity (Wildman–Crippen MR) is 48.5 cm³/mol. The molecule has 0 atom stereocenters. The largest absolute Gasteiger partial charge is 2.00 e. The summed E-state index contributed by atoms with van der Waals surface area (Å²) in [6, 6.07) is 0. The summed E-state index contributed by atoms with van der Waals surface area (Å²) < 4.78 is 0. The average Bonchev–Trinajstić information content (AvgIpc) is 2.60. The van der Waals surface area contributed by atoms with Gasteiger partial charge in [0, 0.05) is 10.5 Å². The first-order valence-corrected chi connectivity index (χ1v) is 4.38. The molecule has 12 heavy (non-hydrogen) atoms. The van der Waals surface area contributed by atoms with Crippen LogP contribution < -0.4 is 0 Å². The van der Waals surface area contributed by atoms with E-state index in [0.717, 1.165) is 0 Å². The molecule has 10 radical (unpaired) electrons. The summed E-state index contributed by atoms with van der Waals surface area (Å²) in [6.07, 6.45) is 16.7. The Labute approximate surface area is 90.7 Å². The van der Waals surface area contributed by atoms with Crippen LogP contribution in [0.25, 0.3) is 0 Å². The fraction of sp³-hybridized carbons (Fsp3) is 0. The van der Waals surface area contributed by atoms with Crippen LogP contribution in [0.3, 0.4) is 0 Å². The minimum Gasteiger partial charge on any atom is -0.144 e. The van der Waals surface area contributed by atoms with Gasteiger partial charge in [-0.15, -0.1) is 11.8 Å². The molecule has 0 aromatic carbocycles. The van der Waals surface area contributed by atoms with Gasteiger partial charge in [0.25, 0.3) is 0 Å². The molecule has 0 nitrogen and oxygen atoms in total. The van der Waals surface area contributed by atoms with E-state index in [-0.39, 0.29) is 17.1 Å². The Hall–Kier alpha value is 0.869. The fourth-order valence-corrected chi connectivity index (χ4v) is 1.84. The zero-order valence-electron chi connectivity index (χ0n) is 6.38. The van der Waals surface area contributed by atoms with Crippen LogP contribution in [0.4, 0.5) is 0 Å². The molecule has 0 aliphatic heterocycles. The van der Waals surface area contributed by atoms with Crippen molar-refractivity contribution in [3.8, 4) is 0 Å². The van der Waals surface area contributed by atoms with Gasteiger partial charge in [0.2, 0.25) is 0 Å². The summed E-state index contributed by atoms with van der Waals surface area (Å²) in [6.45, 7) is 0. The molecular formula is C10H8FeS+2. The first-order valence-electron chi connectivity index (χ1n) is 3.56. The van der Waals surface area contributed by atoms with E-state index in [0.29, 0.717) is 0 Å². The van der Waals surface area contributed by atoms with Gasteiger partial charge in [-0.2, -0.15) is 0 Å². The van der Waals surface area contributed by atoms with Gasteiger partial charge < -0.3 is 0 Å². The van der Waals surface area contributed by atoms with E-state index in [4.69, 9.17) is 0 Å². The zero-order valence-corrected chi connectivity index (χ0v) is 8.30. The molecule has 0 bridgehead atoms. The Balaban J connectivity index is 0.000000720. The van der Waals surface area contributed by atoms with Crippen LogP contribution in [0, 0.1) is 61.9 Å². The van der Waals surface area contributed by atoms with E-state index in [9.17, 15) is 0 Å². The monoisotopic (exact) mass is 216 g/mol. The fourth-order valence-electron chi connectivity index (χ4n) is 0.985. The summed E-state index contributed by atoms with van der Waals surface area (Å²) in [5, 5.41) is 2.63. The standard InChI is InChI=1S/C10H8S.Fe/c1-2-6-9(5-1)11-10-7-3-4-8-10;/h1-8H;/q;+2. The van der Waals surface area contributed by atoms with Gasteiger partial charge in [0.1, 0.15) is 0 Å². The van der Waals surface area contributed by atoms with Crippen molar-refractivity contribution in [1.82, 2.24) is 0 Å². The molecule has 0 saturated heterocycles. The van der Waals surface area contributed by atoms with Gasteiger partial charge >= 0.3 is 17.1 Å². The molecule has 2 saturated carbocycles. The van der Waals surface area contributed by atoms with Crippen LogP contribution in [0.15, 0.2) is 0 Å². The quantitative estimate of drug-likeness (QED) is 0.639. The van der Waals surface area contributed by atoms with Gasteiger partial charge in [0.05, 0.1) is 0 Å². The molecule has 2 aliphatic carbocycles. The molecule has 2 rings (SSSR count).